The van der Waals surface area contributed by atoms with Gasteiger partial charge in [0.2, 0.25) is 0 Å². The van der Waals surface area contributed by atoms with E-state index >= 15 is 0 Å². The monoisotopic (exact) mass is 279 g/mol. The molecule has 0 saturated heterocycles. The minimum absolute atomic E-state index is 0.0796. The number of ketones is 1. The van der Waals surface area contributed by atoms with Crippen molar-refractivity contribution in [2.75, 3.05) is 5.75 Å². The lowest BCUT2D eigenvalue weighted by Gasteiger charge is -2.03. The molecule has 0 unspecified atom stereocenters. The highest BCUT2D eigenvalue weighted by Gasteiger charge is 2.14. The van der Waals surface area contributed by atoms with Gasteiger partial charge in [-0.05, 0) is 36.8 Å². The van der Waals surface area contributed by atoms with E-state index in [-0.39, 0.29) is 16.4 Å². The number of allylic oxidation sites excluding steroid dienone is 1. The summed E-state index contributed by atoms with van der Waals surface area (Å²) in [5.74, 6) is 0.795. The average Bonchev–Trinajstić information content (AvgIpc) is 2.37. The van der Waals surface area contributed by atoms with Crippen LogP contribution >= 0.6 is 11.8 Å². The minimum Gasteiger partial charge on any atom is -0.295 e. The molecule has 0 heterocycles. The van der Waals surface area contributed by atoms with Crippen molar-refractivity contribution in [1.82, 2.24) is 0 Å². The van der Waals surface area contributed by atoms with Crippen LogP contribution in [0.5, 0.6) is 0 Å². The van der Waals surface area contributed by atoms with Gasteiger partial charge in [0.25, 0.3) is 5.69 Å². The van der Waals surface area contributed by atoms with Gasteiger partial charge in [-0.1, -0.05) is 25.5 Å². The molecule has 0 aliphatic rings. The van der Waals surface area contributed by atoms with Crippen LogP contribution in [0, 0.1) is 10.1 Å². The van der Waals surface area contributed by atoms with Crippen molar-refractivity contribution in [1.29, 1.82) is 0 Å². The van der Waals surface area contributed by atoms with E-state index in [1.807, 2.05) is 0 Å². The molecule has 0 aromatic heterocycles. The van der Waals surface area contributed by atoms with Crippen LogP contribution < -0.4 is 0 Å². The number of carbonyl (C=O) groups is 1. The topological polar surface area (TPSA) is 60.2 Å². The first-order valence-electron chi connectivity index (χ1n) is 6.14. The molecular formula is C14H17NO3S. The van der Waals surface area contributed by atoms with E-state index in [0.29, 0.717) is 10.5 Å². The highest BCUT2D eigenvalue weighted by atomic mass is 32.2. The number of hydrogen-bond donors (Lipinski definition) is 0. The van der Waals surface area contributed by atoms with E-state index in [1.54, 1.807) is 18.2 Å². The Kier molecular flexibility index (Phi) is 6.29. The Labute approximate surface area is 117 Å². The van der Waals surface area contributed by atoms with E-state index < -0.39 is 0 Å². The second kappa shape index (κ2) is 7.74. The molecule has 0 N–H and O–H groups in total. The number of nitrogens with zero attached hydrogens (tertiary/aromatic N) is 1. The van der Waals surface area contributed by atoms with Crippen LogP contribution in [-0.2, 0) is 4.79 Å². The molecule has 0 aliphatic carbocycles. The molecule has 5 heteroatoms. The lowest BCUT2D eigenvalue weighted by Crippen LogP contribution is -1.92. The smallest absolute Gasteiger partial charge is 0.283 e. The van der Waals surface area contributed by atoms with Gasteiger partial charge < -0.3 is 0 Å². The van der Waals surface area contributed by atoms with Gasteiger partial charge >= 0.3 is 0 Å². The normalized spacial score (nSPS) is 10.8. The predicted molar refractivity (Wildman–Crippen MR) is 78.4 cm³/mol. The van der Waals surface area contributed by atoms with Crippen molar-refractivity contribution in [3.63, 3.8) is 0 Å². The summed E-state index contributed by atoms with van der Waals surface area (Å²) in [5, 5.41) is 11.0. The van der Waals surface area contributed by atoms with Gasteiger partial charge in [0, 0.05) is 6.07 Å². The lowest BCUT2D eigenvalue weighted by atomic mass is 10.2. The summed E-state index contributed by atoms with van der Waals surface area (Å²) in [7, 11) is 0. The van der Waals surface area contributed by atoms with Gasteiger partial charge in [0.15, 0.2) is 5.78 Å². The molecule has 0 atom stereocenters. The van der Waals surface area contributed by atoms with E-state index in [1.165, 1.54) is 30.8 Å². The standard InChI is InChI=1S/C14H17NO3S/c1-3-4-9-19-14-8-7-12(6-5-11(2)16)10-13(14)15(17)18/h5-8,10H,3-4,9H2,1-2H3/b6-5-. The molecule has 102 valence electrons. The number of rotatable bonds is 7. The number of benzene rings is 1. The molecule has 0 fully saturated rings. The summed E-state index contributed by atoms with van der Waals surface area (Å²) in [6.07, 6.45) is 5.10. The van der Waals surface area contributed by atoms with Crippen LogP contribution in [0.3, 0.4) is 0 Å². The molecular weight excluding hydrogens is 262 g/mol. The lowest BCUT2D eigenvalue weighted by molar-refractivity contribution is -0.387. The zero-order valence-corrected chi connectivity index (χ0v) is 11.9. The van der Waals surface area contributed by atoms with Crippen LogP contribution in [0.15, 0.2) is 29.2 Å². The van der Waals surface area contributed by atoms with Gasteiger partial charge in [0.05, 0.1) is 9.82 Å². The summed E-state index contributed by atoms with van der Waals surface area (Å²) >= 11 is 1.50. The summed E-state index contributed by atoms with van der Waals surface area (Å²) in [6, 6.07) is 5.05. The molecule has 0 aliphatic heterocycles. The Morgan fingerprint density at radius 3 is 2.79 bits per heavy atom. The largest absolute Gasteiger partial charge is 0.295 e. The van der Waals surface area contributed by atoms with Gasteiger partial charge in [-0.25, -0.2) is 0 Å². The molecule has 0 bridgehead atoms. The number of nitro benzene ring substituents is 1. The highest BCUT2D eigenvalue weighted by molar-refractivity contribution is 7.99. The van der Waals surface area contributed by atoms with Crippen molar-refractivity contribution >= 4 is 29.3 Å². The van der Waals surface area contributed by atoms with Crippen molar-refractivity contribution in [3.8, 4) is 0 Å². The van der Waals surface area contributed by atoms with Crippen LogP contribution in [0.25, 0.3) is 6.08 Å². The molecule has 4 nitrogen and oxygen atoms in total. The second-order valence-electron chi connectivity index (χ2n) is 4.13. The van der Waals surface area contributed by atoms with Gasteiger partial charge in [-0.15, -0.1) is 11.8 Å². The summed E-state index contributed by atoms with van der Waals surface area (Å²) in [5.41, 5.74) is 0.772. The van der Waals surface area contributed by atoms with Gasteiger partial charge in [-0.2, -0.15) is 0 Å². The van der Waals surface area contributed by atoms with Crippen molar-refractivity contribution in [2.45, 2.75) is 31.6 Å². The molecule has 0 spiro atoms. The molecule has 0 amide bonds. The number of hydrogen-bond acceptors (Lipinski definition) is 4. The number of nitro groups is 1. The van der Waals surface area contributed by atoms with Crippen LogP contribution in [0.1, 0.15) is 32.3 Å². The second-order valence-corrected chi connectivity index (χ2v) is 5.27. The Bertz CT molecular complexity index is 497. The predicted octanol–water partition coefficient (Wildman–Crippen LogP) is 4.09. The maximum atomic E-state index is 11.0. The fourth-order valence-corrected chi connectivity index (χ4v) is 2.54. The first-order chi connectivity index (χ1) is 9.04. The summed E-state index contributed by atoms with van der Waals surface area (Å²) in [4.78, 5) is 22.2. The molecule has 1 aromatic carbocycles. The fraction of sp³-hybridized carbons (Fsp3) is 0.357. The molecule has 1 aromatic rings. The molecule has 19 heavy (non-hydrogen) atoms. The van der Waals surface area contributed by atoms with Crippen LogP contribution in [-0.4, -0.2) is 16.5 Å². The maximum absolute atomic E-state index is 11.0. The minimum atomic E-state index is -0.376. The number of thioether (sulfide) groups is 1. The van der Waals surface area contributed by atoms with E-state index in [4.69, 9.17) is 0 Å². The first kappa shape index (κ1) is 15.4. The van der Waals surface area contributed by atoms with Crippen molar-refractivity contribution < 1.29 is 9.72 Å². The van der Waals surface area contributed by atoms with Crippen molar-refractivity contribution in [2.24, 2.45) is 0 Å². The third-order valence-electron chi connectivity index (χ3n) is 2.45. The van der Waals surface area contributed by atoms with Crippen molar-refractivity contribution in [3.05, 3.63) is 40.0 Å². The molecule has 0 radical (unpaired) electrons. The Morgan fingerprint density at radius 1 is 1.47 bits per heavy atom. The van der Waals surface area contributed by atoms with Gasteiger partial charge in [-0.3, -0.25) is 14.9 Å². The SMILES string of the molecule is CCCCSc1ccc(/C=C\C(C)=O)cc1[N+](=O)[O-]. The number of unbranched alkanes of at least 4 members (excludes halogenated alkanes) is 1. The first-order valence-corrected chi connectivity index (χ1v) is 7.13. The fourth-order valence-electron chi connectivity index (χ4n) is 1.44. The Hall–Kier alpha value is -1.62. The highest BCUT2D eigenvalue weighted by Crippen LogP contribution is 2.31. The van der Waals surface area contributed by atoms with E-state index in [2.05, 4.69) is 6.92 Å². The van der Waals surface area contributed by atoms with E-state index in [0.717, 1.165) is 18.6 Å². The van der Waals surface area contributed by atoms with Gasteiger partial charge in [0.1, 0.15) is 0 Å². The average molecular weight is 279 g/mol. The maximum Gasteiger partial charge on any atom is 0.283 e. The Morgan fingerprint density at radius 2 is 2.21 bits per heavy atom. The third-order valence-corrected chi connectivity index (χ3v) is 3.59. The van der Waals surface area contributed by atoms with E-state index in [9.17, 15) is 14.9 Å². The zero-order valence-electron chi connectivity index (χ0n) is 11.1. The Balaban J connectivity index is 2.94. The summed E-state index contributed by atoms with van der Waals surface area (Å²) in [6.45, 7) is 3.53. The third kappa shape index (κ3) is 5.26. The summed E-state index contributed by atoms with van der Waals surface area (Å²) < 4.78 is 0. The molecule has 0 saturated carbocycles. The molecule has 1 rings (SSSR count). The number of carbonyl (C=O) groups excluding carboxylic acids is 1. The van der Waals surface area contributed by atoms with Crippen LogP contribution in [0.4, 0.5) is 5.69 Å². The quantitative estimate of drug-likeness (QED) is 0.248. The van der Waals surface area contributed by atoms with Crippen LogP contribution in [0.2, 0.25) is 0 Å². The zero-order chi connectivity index (χ0) is 14.3.